The van der Waals surface area contributed by atoms with Crippen molar-refractivity contribution in [3.63, 3.8) is 0 Å². The number of nitrogens with one attached hydrogen (secondary N) is 1. The molecule has 0 saturated carbocycles. The van der Waals surface area contributed by atoms with Crippen molar-refractivity contribution in [1.29, 1.82) is 0 Å². The van der Waals surface area contributed by atoms with Crippen LogP contribution in [0.5, 0.6) is 5.88 Å². The molecule has 18 heavy (non-hydrogen) atoms. The van der Waals surface area contributed by atoms with E-state index in [1.54, 1.807) is 19.5 Å². The zero-order valence-corrected chi connectivity index (χ0v) is 10.9. The Bertz CT molecular complexity index is 570. The lowest BCUT2D eigenvalue weighted by Gasteiger charge is -2.11. The van der Waals surface area contributed by atoms with Gasteiger partial charge in [-0.2, -0.15) is 0 Å². The zero-order valence-electron chi connectivity index (χ0n) is 10.9. The molecule has 0 amide bonds. The third-order valence-electron chi connectivity index (χ3n) is 2.84. The Morgan fingerprint density at radius 1 is 1.00 bits per heavy atom. The van der Waals surface area contributed by atoms with Gasteiger partial charge in [0.2, 0.25) is 5.88 Å². The van der Waals surface area contributed by atoms with Crippen molar-refractivity contribution in [3.05, 3.63) is 23.5 Å². The molecule has 0 fully saturated rings. The first-order valence-electron chi connectivity index (χ1n) is 5.56. The molecule has 0 radical (unpaired) electrons. The maximum absolute atomic E-state index is 5.19. The molecule has 0 atom stereocenters. The molecule has 0 unspecified atom stereocenters. The van der Waals surface area contributed by atoms with Crippen LogP contribution >= 0.6 is 0 Å². The zero-order chi connectivity index (χ0) is 13.1. The Morgan fingerprint density at radius 3 is 2.39 bits per heavy atom. The smallest absolute Gasteiger partial charge is 0.242 e. The first kappa shape index (κ1) is 12.2. The second kappa shape index (κ2) is 4.95. The number of nitrogens with zero attached hydrogens (tertiary/aromatic N) is 4. The Kier molecular flexibility index (Phi) is 3.36. The third kappa shape index (κ3) is 1.97. The van der Waals surface area contributed by atoms with E-state index >= 15 is 0 Å². The van der Waals surface area contributed by atoms with E-state index in [1.165, 1.54) is 0 Å². The van der Waals surface area contributed by atoms with Crippen LogP contribution in [0, 0.1) is 13.8 Å². The largest absolute Gasteiger partial charge is 0.479 e. The predicted molar refractivity (Wildman–Crippen MR) is 68.6 cm³/mol. The van der Waals surface area contributed by atoms with Crippen LogP contribution in [0.15, 0.2) is 12.4 Å². The van der Waals surface area contributed by atoms with Crippen LogP contribution in [-0.2, 0) is 0 Å². The van der Waals surface area contributed by atoms with Crippen LogP contribution in [-0.4, -0.2) is 34.3 Å². The van der Waals surface area contributed by atoms with Gasteiger partial charge in [0.05, 0.1) is 7.11 Å². The van der Waals surface area contributed by atoms with Gasteiger partial charge in [0.25, 0.3) is 0 Å². The normalized spacial score (nSPS) is 10.2. The van der Waals surface area contributed by atoms with Crippen LogP contribution in [0.2, 0.25) is 0 Å². The first-order valence-corrected chi connectivity index (χ1v) is 5.56. The maximum Gasteiger partial charge on any atom is 0.242 e. The highest BCUT2D eigenvalue weighted by molar-refractivity contribution is 5.66. The number of hydrogen-bond donors (Lipinski definition) is 1. The predicted octanol–water partition coefficient (Wildman–Crippen LogP) is 1.60. The van der Waals surface area contributed by atoms with Crippen molar-refractivity contribution in [2.24, 2.45) is 0 Å². The average Bonchev–Trinajstić information content (AvgIpc) is 2.42. The molecule has 6 heteroatoms. The number of anilines is 1. The minimum absolute atomic E-state index is 0.450. The van der Waals surface area contributed by atoms with E-state index in [1.807, 2.05) is 20.9 Å². The van der Waals surface area contributed by atoms with Gasteiger partial charge < -0.3 is 10.1 Å². The van der Waals surface area contributed by atoms with E-state index in [2.05, 4.69) is 25.5 Å². The highest BCUT2D eigenvalue weighted by Gasteiger charge is 2.16. The third-order valence-corrected chi connectivity index (χ3v) is 2.84. The van der Waals surface area contributed by atoms with E-state index in [-0.39, 0.29) is 0 Å². The number of methoxy groups -OCH3 is 1. The summed E-state index contributed by atoms with van der Waals surface area (Å²) in [5.74, 6) is 1.21. The van der Waals surface area contributed by atoms with Crippen molar-refractivity contribution in [1.82, 2.24) is 20.2 Å². The number of ether oxygens (including phenoxy) is 1. The van der Waals surface area contributed by atoms with Crippen molar-refractivity contribution in [3.8, 4) is 17.3 Å². The fraction of sp³-hybridized carbons (Fsp3) is 0.333. The van der Waals surface area contributed by atoms with E-state index in [4.69, 9.17) is 4.74 Å². The molecule has 1 N–H and O–H groups in total. The lowest BCUT2D eigenvalue weighted by Crippen LogP contribution is -2.04. The lowest BCUT2D eigenvalue weighted by molar-refractivity contribution is 0.397. The van der Waals surface area contributed by atoms with Crippen molar-refractivity contribution in [2.75, 3.05) is 19.5 Å². The van der Waals surface area contributed by atoms with E-state index in [0.29, 0.717) is 17.3 Å². The van der Waals surface area contributed by atoms with Gasteiger partial charge in [0.1, 0.15) is 5.69 Å². The summed E-state index contributed by atoms with van der Waals surface area (Å²) in [4.78, 5) is 8.39. The molecule has 2 heterocycles. The highest BCUT2D eigenvalue weighted by atomic mass is 16.5. The fourth-order valence-electron chi connectivity index (χ4n) is 1.70. The standard InChI is InChI=1S/C12H15N5O/c1-7-8(2)11(13-3)17-16-9(7)10-12(18-4)15-6-5-14-10/h5-6H,1-4H3,(H,13,17). The van der Waals surface area contributed by atoms with Crippen molar-refractivity contribution in [2.45, 2.75) is 13.8 Å². The quantitative estimate of drug-likeness (QED) is 0.885. The second-order valence-electron chi connectivity index (χ2n) is 3.81. The molecule has 0 spiro atoms. The topological polar surface area (TPSA) is 72.8 Å². The molecule has 0 aliphatic rings. The molecule has 0 bridgehead atoms. The summed E-state index contributed by atoms with van der Waals surface area (Å²) in [5.41, 5.74) is 3.34. The van der Waals surface area contributed by atoms with E-state index < -0.39 is 0 Å². The average molecular weight is 245 g/mol. The lowest BCUT2D eigenvalue weighted by atomic mass is 10.1. The Labute approximate surface area is 105 Å². The molecule has 6 nitrogen and oxygen atoms in total. The van der Waals surface area contributed by atoms with Crippen LogP contribution < -0.4 is 10.1 Å². The molecule has 2 aromatic heterocycles. The van der Waals surface area contributed by atoms with Crippen LogP contribution in [0.25, 0.3) is 11.4 Å². The van der Waals surface area contributed by atoms with Gasteiger partial charge in [-0.3, -0.25) is 0 Å². The molecule has 0 aliphatic carbocycles. The Hall–Kier alpha value is -2.24. The van der Waals surface area contributed by atoms with Gasteiger partial charge in [-0.05, 0) is 25.0 Å². The molecule has 94 valence electrons. The Morgan fingerprint density at radius 2 is 1.72 bits per heavy atom. The summed E-state index contributed by atoms with van der Waals surface area (Å²) in [6.45, 7) is 3.97. The summed E-state index contributed by atoms with van der Waals surface area (Å²) in [7, 11) is 3.38. The summed E-state index contributed by atoms with van der Waals surface area (Å²) in [6.07, 6.45) is 3.19. The summed E-state index contributed by atoms with van der Waals surface area (Å²) < 4.78 is 5.19. The number of rotatable bonds is 3. The molecule has 2 rings (SSSR count). The monoisotopic (exact) mass is 245 g/mol. The molecular formula is C12H15N5O. The number of aromatic nitrogens is 4. The second-order valence-corrected chi connectivity index (χ2v) is 3.81. The van der Waals surface area contributed by atoms with Gasteiger partial charge in [-0.1, -0.05) is 0 Å². The van der Waals surface area contributed by atoms with Gasteiger partial charge in [-0.25, -0.2) is 9.97 Å². The molecule has 0 saturated heterocycles. The van der Waals surface area contributed by atoms with E-state index in [9.17, 15) is 0 Å². The summed E-state index contributed by atoms with van der Waals surface area (Å²) in [5, 5.41) is 11.3. The first-order chi connectivity index (χ1) is 8.69. The summed E-state index contributed by atoms with van der Waals surface area (Å²) >= 11 is 0. The minimum Gasteiger partial charge on any atom is -0.479 e. The highest BCUT2D eigenvalue weighted by Crippen LogP contribution is 2.28. The van der Waals surface area contributed by atoms with Crippen LogP contribution in [0.3, 0.4) is 0 Å². The van der Waals surface area contributed by atoms with Gasteiger partial charge in [0.15, 0.2) is 11.5 Å². The molecular weight excluding hydrogens is 230 g/mol. The SMILES string of the molecule is CNc1nnc(-c2nccnc2OC)c(C)c1C. The van der Waals surface area contributed by atoms with Crippen LogP contribution in [0.1, 0.15) is 11.1 Å². The molecule has 0 aromatic carbocycles. The maximum atomic E-state index is 5.19. The van der Waals surface area contributed by atoms with Gasteiger partial charge in [-0.15, -0.1) is 10.2 Å². The van der Waals surface area contributed by atoms with Crippen molar-refractivity contribution >= 4 is 5.82 Å². The summed E-state index contributed by atoms with van der Waals surface area (Å²) in [6, 6.07) is 0. The molecule has 0 aliphatic heterocycles. The van der Waals surface area contributed by atoms with Gasteiger partial charge in [0, 0.05) is 19.4 Å². The number of hydrogen-bond acceptors (Lipinski definition) is 6. The van der Waals surface area contributed by atoms with Crippen LogP contribution in [0.4, 0.5) is 5.82 Å². The Balaban J connectivity index is 2.61. The fourth-order valence-corrected chi connectivity index (χ4v) is 1.70. The van der Waals surface area contributed by atoms with Crippen molar-refractivity contribution < 1.29 is 4.74 Å². The van der Waals surface area contributed by atoms with E-state index in [0.717, 1.165) is 16.9 Å². The van der Waals surface area contributed by atoms with Gasteiger partial charge >= 0.3 is 0 Å². The molecule has 2 aromatic rings. The minimum atomic E-state index is 0.450.